The molecular formula is C10H14ClN. The zero-order chi connectivity index (χ0) is 9.40. The summed E-state index contributed by atoms with van der Waals surface area (Å²) in [5, 5.41) is 0. The summed E-state index contributed by atoms with van der Waals surface area (Å²) in [5.41, 5.74) is 1.91. The van der Waals surface area contributed by atoms with Gasteiger partial charge in [-0.05, 0) is 12.5 Å². The minimum Gasteiger partial charge on any atom is -0.303 e. The minimum atomic E-state index is 0.722. The standard InChI is InChI=1S/C10H14ClN/c1-4-6-10(7-5-2)8-9(3)12-11/h4-7,12H,1,3,8H2,2H3/b7-5-,10-6+. The highest BCUT2D eigenvalue weighted by atomic mass is 35.5. The summed E-state index contributed by atoms with van der Waals surface area (Å²) in [4.78, 5) is 2.48. The van der Waals surface area contributed by atoms with Crippen LogP contribution in [0, 0.1) is 0 Å². The largest absolute Gasteiger partial charge is 0.303 e. The van der Waals surface area contributed by atoms with Crippen LogP contribution in [0.1, 0.15) is 13.3 Å². The van der Waals surface area contributed by atoms with Crippen molar-refractivity contribution < 1.29 is 0 Å². The highest BCUT2D eigenvalue weighted by Crippen LogP contribution is 2.09. The molecule has 0 aromatic carbocycles. The van der Waals surface area contributed by atoms with Gasteiger partial charge >= 0.3 is 0 Å². The molecule has 66 valence electrons. The van der Waals surface area contributed by atoms with E-state index >= 15 is 0 Å². The van der Waals surface area contributed by atoms with Crippen molar-refractivity contribution in [3.05, 3.63) is 48.7 Å². The van der Waals surface area contributed by atoms with Gasteiger partial charge in [-0.1, -0.05) is 37.5 Å². The van der Waals surface area contributed by atoms with Crippen molar-refractivity contribution in [3.63, 3.8) is 0 Å². The normalized spacial score (nSPS) is 11.7. The molecule has 0 bridgehead atoms. The van der Waals surface area contributed by atoms with Gasteiger partial charge in [-0.15, -0.1) is 0 Å². The van der Waals surface area contributed by atoms with Crippen LogP contribution >= 0.6 is 11.8 Å². The lowest BCUT2D eigenvalue weighted by atomic mass is 10.1. The second-order valence-electron chi connectivity index (χ2n) is 2.35. The van der Waals surface area contributed by atoms with E-state index in [-0.39, 0.29) is 0 Å². The Hall–Kier alpha value is -0.950. The molecule has 0 aliphatic rings. The first-order chi connectivity index (χ1) is 5.74. The smallest absolute Gasteiger partial charge is 0.0237 e. The van der Waals surface area contributed by atoms with Crippen LogP contribution in [0.2, 0.25) is 0 Å². The zero-order valence-electron chi connectivity index (χ0n) is 7.31. The molecule has 0 aromatic heterocycles. The second-order valence-corrected chi connectivity index (χ2v) is 2.54. The molecule has 0 aliphatic heterocycles. The van der Waals surface area contributed by atoms with E-state index < -0.39 is 0 Å². The van der Waals surface area contributed by atoms with Crippen molar-refractivity contribution in [2.75, 3.05) is 0 Å². The van der Waals surface area contributed by atoms with Crippen molar-refractivity contribution >= 4 is 11.8 Å². The Labute approximate surface area is 79.2 Å². The van der Waals surface area contributed by atoms with Crippen LogP contribution in [-0.2, 0) is 0 Å². The molecule has 0 unspecified atom stereocenters. The van der Waals surface area contributed by atoms with Crippen LogP contribution in [0.15, 0.2) is 48.7 Å². The molecular weight excluding hydrogens is 170 g/mol. The molecule has 0 fully saturated rings. The number of hydrogen-bond donors (Lipinski definition) is 1. The fourth-order valence-corrected chi connectivity index (χ4v) is 0.885. The summed E-state index contributed by atoms with van der Waals surface area (Å²) in [6.45, 7) is 9.31. The summed E-state index contributed by atoms with van der Waals surface area (Å²) >= 11 is 5.37. The molecule has 0 saturated heterocycles. The van der Waals surface area contributed by atoms with Gasteiger partial charge in [-0.25, -0.2) is 0 Å². The van der Waals surface area contributed by atoms with Gasteiger partial charge in [0.2, 0.25) is 0 Å². The van der Waals surface area contributed by atoms with Crippen LogP contribution in [0.3, 0.4) is 0 Å². The number of allylic oxidation sites excluding steroid dienone is 5. The Bertz CT molecular complexity index is 214. The summed E-state index contributed by atoms with van der Waals surface area (Å²) in [5.74, 6) is 0. The van der Waals surface area contributed by atoms with E-state index in [2.05, 4.69) is 18.0 Å². The van der Waals surface area contributed by atoms with Gasteiger partial charge in [0.05, 0.1) is 0 Å². The summed E-state index contributed by atoms with van der Waals surface area (Å²) in [7, 11) is 0. The van der Waals surface area contributed by atoms with Crippen molar-refractivity contribution in [1.82, 2.24) is 4.84 Å². The van der Waals surface area contributed by atoms with E-state index in [1.165, 1.54) is 0 Å². The van der Waals surface area contributed by atoms with Gasteiger partial charge in [0.25, 0.3) is 0 Å². The van der Waals surface area contributed by atoms with E-state index in [0.717, 1.165) is 17.7 Å². The van der Waals surface area contributed by atoms with Crippen molar-refractivity contribution in [3.8, 4) is 0 Å². The van der Waals surface area contributed by atoms with Gasteiger partial charge in [-0.2, -0.15) is 0 Å². The number of rotatable bonds is 5. The Morgan fingerprint density at radius 1 is 1.58 bits per heavy atom. The Morgan fingerprint density at radius 3 is 2.67 bits per heavy atom. The third kappa shape index (κ3) is 4.80. The van der Waals surface area contributed by atoms with Gasteiger partial charge in [0, 0.05) is 23.9 Å². The molecule has 0 aliphatic carbocycles. The van der Waals surface area contributed by atoms with E-state index in [4.69, 9.17) is 11.8 Å². The number of hydrogen-bond acceptors (Lipinski definition) is 1. The van der Waals surface area contributed by atoms with Crippen LogP contribution in [0.4, 0.5) is 0 Å². The molecule has 2 heteroatoms. The maximum absolute atomic E-state index is 5.37. The highest BCUT2D eigenvalue weighted by molar-refractivity contribution is 6.14. The quantitative estimate of drug-likeness (QED) is 0.510. The first-order valence-electron chi connectivity index (χ1n) is 3.73. The third-order valence-electron chi connectivity index (χ3n) is 1.26. The summed E-state index contributed by atoms with van der Waals surface area (Å²) < 4.78 is 0. The predicted octanol–water partition coefficient (Wildman–Crippen LogP) is 3.32. The summed E-state index contributed by atoms with van der Waals surface area (Å²) in [6.07, 6.45) is 8.37. The molecule has 0 radical (unpaired) electrons. The fraction of sp³-hybridized carbons (Fsp3) is 0.200. The van der Waals surface area contributed by atoms with Gasteiger partial charge in [0.15, 0.2) is 0 Å². The maximum atomic E-state index is 5.37. The maximum Gasteiger partial charge on any atom is 0.0237 e. The molecule has 0 atom stereocenters. The topological polar surface area (TPSA) is 12.0 Å². The fourth-order valence-electron chi connectivity index (χ4n) is 0.819. The van der Waals surface area contributed by atoms with E-state index in [0.29, 0.717) is 0 Å². The molecule has 0 saturated carbocycles. The van der Waals surface area contributed by atoms with Crippen LogP contribution in [-0.4, -0.2) is 0 Å². The SMILES string of the molecule is C=C/C=C(\C=C/C)CC(=C)NCl. The molecule has 1 nitrogen and oxygen atoms in total. The summed E-state index contributed by atoms with van der Waals surface area (Å²) in [6, 6.07) is 0. The Morgan fingerprint density at radius 2 is 2.25 bits per heavy atom. The average Bonchev–Trinajstić information content (AvgIpc) is 2.05. The van der Waals surface area contributed by atoms with Crippen LogP contribution < -0.4 is 4.84 Å². The molecule has 0 aromatic rings. The highest BCUT2D eigenvalue weighted by Gasteiger charge is 1.93. The zero-order valence-corrected chi connectivity index (χ0v) is 8.06. The number of halogens is 1. The van der Waals surface area contributed by atoms with E-state index in [1.807, 2.05) is 25.2 Å². The molecule has 1 N–H and O–H groups in total. The van der Waals surface area contributed by atoms with Crippen molar-refractivity contribution in [1.29, 1.82) is 0 Å². The van der Waals surface area contributed by atoms with Gasteiger partial charge in [-0.3, -0.25) is 0 Å². The van der Waals surface area contributed by atoms with E-state index in [1.54, 1.807) is 6.08 Å². The molecule has 0 amide bonds. The van der Waals surface area contributed by atoms with Crippen LogP contribution in [0.5, 0.6) is 0 Å². The molecule has 12 heavy (non-hydrogen) atoms. The number of nitrogens with one attached hydrogen (secondary N) is 1. The Balaban J connectivity index is 4.23. The van der Waals surface area contributed by atoms with Crippen LogP contribution in [0.25, 0.3) is 0 Å². The van der Waals surface area contributed by atoms with E-state index in [9.17, 15) is 0 Å². The second kappa shape index (κ2) is 6.74. The third-order valence-corrected chi connectivity index (χ3v) is 1.53. The minimum absolute atomic E-state index is 0.722. The van der Waals surface area contributed by atoms with Gasteiger partial charge < -0.3 is 4.84 Å². The van der Waals surface area contributed by atoms with Crippen molar-refractivity contribution in [2.45, 2.75) is 13.3 Å². The van der Waals surface area contributed by atoms with Crippen molar-refractivity contribution in [2.24, 2.45) is 0 Å². The lowest BCUT2D eigenvalue weighted by molar-refractivity contribution is 1.06. The molecule has 0 heterocycles. The first kappa shape index (κ1) is 11.1. The lowest BCUT2D eigenvalue weighted by Gasteiger charge is -2.02. The lowest BCUT2D eigenvalue weighted by Crippen LogP contribution is -1.97. The molecule has 0 rings (SSSR count). The first-order valence-corrected chi connectivity index (χ1v) is 4.11. The van der Waals surface area contributed by atoms with Gasteiger partial charge in [0.1, 0.15) is 0 Å². The average molecular weight is 184 g/mol. The monoisotopic (exact) mass is 183 g/mol. The molecule has 0 spiro atoms. The Kier molecular flexibility index (Phi) is 6.21. The predicted molar refractivity (Wildman–Crippen MR) is 55.8 cm³/mol.